The number of nitrogens with one attached hydrogen (secondary N) is 1. The highest BCUT2D eigenvalue weighted by Gasteiger charge is 2.63. The summed E-state index contributed by atoms with van der Waals surface area (Å²) in [6.45, 7) is 10.5. The molecule has 21 heavy (non-hydrogen) atoms. The van der Waals surface area contributed by atoms with Crippen molar-refractivity contribution in [2.45, 2.75) is 66.0 Å². The number of urea groups is 1. The number of hydrogen-bond acceptors (Lipinski definition) is 3. The molecule has 4 unspecified atom stereocenters. The van der Waals surface area contributed by atoms with Gasteiger partial charge in [-0.15, -0.1) is 0 Å². The number of carbonyl (C=O) groups excluding carboxylic acids is 2. The number of primary amides is 1. The van der Waals surface area contributed by atoms with Crippen LogP contribution in [0.1, 0.15) is 53.9 Å². The van der Waals surface area contributed by atoms with Crippen LogP contribution in [0.15, 0.2) is 0 Å². The van der Waals surface area contributed by atoms with Gasteiger partial charge in [-0.25, -0.2) is 9.59 Å². The average Bonchev–Trinajstić information content (AvgIpc) is 2.68. The molecule has 0 aromatic rings. The van der Waals surface area contributed by atoms with Crippen LogP contribution in [0.2, 0.25) is 0 Å². The Morgan fingerprint density at radius 2 is 1.90 bits per heavy atom. The second-order valence-corrected chi connectivity index (χ2v) is 7.77. The van der Waals surface area contributed by atoms with Crippen LogP contribution < -0.4 is 11.1 Å². The fraction of sp³-hybridized carbons (Fsp3) is 0.875. The quantitative estimate of drug-likeness (QED) is 0.782. The van der Waals surface area contributed by atoms with Gasteiger partial charge in [-0.3, -0.25) is 0 Å². The lowest BCUT2D eigenvalue weighted by Crippen LogP contribution is -2.49. The monoisotopic (exact) mass is 296 g/mol. The van der Waals surface area contributed by atoms with Crippen LogP contribution in [-0.4, -0.2) is 24.1 Å². The molecule has 3 N–H and O–H groups in total. The van der Waals surface area contributed by atoms with E-state index in [0.29, 0.717) is 5.92 Å². The van der Waals surface area contributed by atoms with Crippen LogP contribution >= 0.6 is 0 Å². The first-order valence-corrected chi connectivity index (χ1v) is 7.86. The minimum atomic E-state index is -0.690. The van der Waals surface area contributed by atoms with Crippen molar-refractivity contribution in [1.82, 2.24) is 5.32 Å². The molecule has 2 amide bonds. The summed E-state index contributed by atoms with van der Waals surface area (Å²) in [5.41, 5.74) is 5.38. The van der Waals surface area contributed by atoms with E-state index in [-0.39, 0.29) is 28.8 Å². The molecule has 2 saturated carbocycles. The Labute approximate surface area is 127 Å². The molecule has 4 atom stereocenters. The first-order valence-electron chi connectivity index (χ1n) is 7.86. The zero-order valence-corrected chi connectivity index (χ0v) is 13.7. The number of ether oxygens (including phenoxy) is 1. The van der Waals surface area contributed by atoms with Gasteiger partial charge in [0.2, 0.25) is 0 Å². The molecular formula is C16H28N2O3. The first kappa shape index (κ1) is 16.1. The van der Waals surface area contributed by atoms with Gasteiger partial charge in [0.25, 0.3) is 0 Å². The summed E-state index contributed by atoms with van der Waals surface area (Å²) < 4.78 is 5.80. The summed E-state index contributed by atoms with van der Waals surface area (Å²) in [6.07, 6.45) is 3.18. The van der Waals surface area contributed by atoms with E-state index >= 15 is 0 Å². The van der Waals surface area contributed by atoms with E-state index in [2.05, 4.69) is 26.1 Å². The lowest BCUT2D eigenvalue weighted by Gasteiger charge is -2.39. The van der Waals surface area contributed by atoms with E-state index in [0.717, 1.165) is 12.8 Å². The Bertz CT molecular complexity index is 447. The summed E-state index contributed by atoms with van der Waals surface area (Å²) in [5.74, 6) is 0.199. The first-order chi connectivity index (χ1) is 9.59. The van der Waals surface area contributed by atoms with Crippen molar-refractivity contribution in [3.63, 3.8) is 0 Å². The summed E-state index contributed by atoms with van der Waals surface area (Å²) in [6, 6.07) is -1.36. The van der Waals surface area contributed by atoms with Gasteiger partial charge in [0, 0.05) is 5.41 Å². The Hall–Kier alpha value is -1.26. The molecule has 0 aromatic carbocycles. The highest BCUT2D eigenvalue weighted by atomic mass is 16.5. The summed E-state index contributed by atoms with van der Waals surface area (Å²) in [7, 11) is 0. The minimum Gasteiger partial charge on any atom is -0.460 e. The van der Waals surface area contributed by atoms with Crippen molar-refractivity contribution in [3.05, 3.63) is 0 Å². The van der Waals surface area contributed by atoms with Crippen molar-refractivity contribution in [3.8, 4) is 0 Å². The maximum absolute atomic E-state index is 12.4. The minimum absolute atomic E-state index is 0.0293. The normalized spacial score (nSPS) is 34.8. The zero-order valence-electron chi connectivity index (χ0n) is 13.7. The molecule has 5 nitrogen and oxygen atoms in total. The predicted molar refractivity (Wildman–Crippen MR) is 80.5 cm³/mol. The molecule has 2 aliphatic rings. The molecule has 0 spiro atoms. The van der Waals surface area contributed by atoms with Gasteiger partial charge in [-0.2, -0.15) is 0 Å². The zero-order chi connectivity index (χ0) is 16.0. The topological polar surface area (TPSA) is 81.4 Å². The molecule has 2 aliphatic carbocycles. The molecule has 0 heterocycles. The van der Waals surface area contributed by atoms with Gasteiger partial charge in [0.15, 0.2) is 0 Å². The van der Waals surface area contributed by atoms with E-state index in [1.54, 1.807) is 0 Å². The summed E-state index contributed by atoms with van der Waals surface area (Å²) >= 11 is 0. The van der Waals surface area contributed by atoms with Gasteiger partial charge in [0.1, 0.15) is 12.1 Å². The van der Waals surface area contributed by atoms with Crippen molar-refractivity contribution < 1.29 is 14.3 Å². The smallest absolute Gasteiger partial charge is 0.329 e. The molecule has 0 aliphatic heterocycles. The average molecular weight is 296 g/mol. The third-order valence-electron chi connectivity index (χ3n) is 6.19. The lowest BCUT2D eigenvalue weighted by atomic mass is 9.70. The predicted octanol–water partition coefficient (Wildman–Crippen LogP) is 2.44. The molecule has 0 saturated heterocycles. The van der Waals surface area contributed by atoms with Crippen LogP contribution in [0.5, 0.6) is 0 Å². The van der Waals surface area contributed by atoms with E-state index in [1.807, 2.05) is 13.8 Å². The van der Waals surface area contributed by atoms with Crippen LogP contribution in [0.3, 0.4) is 0 Å². The highest BCUT2D eigenvalue weighted by molar-refractivity contribution is 5.83. The number of esters is 1. The van der Waals surface area contributed by atoms with Crippen molar-refractivity contribution in [1.29, 1.82) is 0 Å². The van der Waals surface area contributed by atoms with Gasteiger partial charge < -0.3 is 15.8 Å². The number of amides is 2. The third-order valence-corrected chi connectivity index (χ3v) is 6.19. The second kappa shape index (κ2) is 5.18. The maximum atomic E-state index is 12.4. The third kappa shape index (κ3) is 2.51. The molecule has 2 fully saturated rings. The van der Waals surface area contributed by atoms with E-state index in [4.69, 9.17) is 10.5 Å². The molecule has 5 heteroatoms. The fourth-order valence-corrected chi connectivity index (χ4v) is 4.17. The number of fused-ring (bicyclic) bond motifs is 2. The molecule has 120 valence electrons. The number of carbonyl (C=O) groups is 2. The van der Waals surface area contributed by atoms with Crippen LogP contribution in [0, 0.1) is 22.7 Å². The summed E-state index contributed by atoms with van der Waals surface area (Å²) in [5, 5.41) is 2.49. The number of rotatable bonds is 4. The van der Waals surface area contributed by atoms with E-state index < -0.39 is 12.1 Å². The van der Waals surface area contributed by atoms with Gasteiger partial charge in [0.05, 0.1) is 0 Å². The SMILES string of the molecule is CC(C)C(NC(N)=O)C(=O)OC1CC2CCC1(C)C2(C)C. The Morgan fingerprint density at radius 1 is 1.29 bits per heavy atom. The standard InChI is InChI=1S/C16H28N2O3/c1-9(2)12(18-14(17)20)13(19)21-11-8-10-6-7-16(11,5)15(10,3)4/h9-12H,6-8H2,1-5H3,(H3,17,18,20). The molecule has 2 bridgehead atoms. The van der Waals surface area contributed by atoms with Gasteiger partial charge >= 0.3 is 12.0 Å². The van der Waals surface area contributed by atoms with Crippen molar-refractivity contribution in [2.75, 3.05) is 0 Å². The van der Waals surface area contributed by atoms with Crippen molar-refractivity contribution >= 4 is 12.0 Å². The Balaban J connectivity index is 2.08. The van der Waals surface area contributed by atoms with E-state index in [9.17, 15) is 9.59 Å². The highest BCUT2D eigenvalue weighted by Crippen LogP contribution is 2.66. The largest absolute Gasteiger partial charge is 0.460 e. The van der Waals surface area contributed by atoms with Crippen LogP contribution in [0.25, 0.3) is 0 Å². The fourth-order valence-electron chi connectivity index (χ4n) is 4.17. The molecule has 0 radical (unpaired) electrons. The van der Waals surface area contributed by atoms with Gasteiger partial charge in [-0.05, 0) is 36.5 Å². The van der Waals surface area contributed by atoms with E-state index in [1.165, 1.54) is 6.42 Å². The summed E-state index contributed by atoms with van der Waals surface area (Å²) in [4.78, 5) is 23.5. The second-order valence-electron chi connectivity index (χ2n) is 7.77. The number of nitrogens with two attached hydrogens (primary N) is 1. The van der Waals surface area contributed by atoms with Crippen LogP contribution in [0.4, 0.5) is 4.79 Å². The van der Waals surface area contributed by atoms with Crippen molar-refractivity contribution in [2.24, 2.45) is 28.4 Å². The number of hydrogen-bond donors (Lipinski definition) is 2. The maximum Gasteiger partial charge on any atom is 0.329 e. The van der Waals surface area contributed by atoms with Crippen LogP contribution in [-0.2, 0) is 9.53 Å². The molecule has 0 aromatic heterocycles. The Morgan fingerprint density at radius 3 is 2.29 bits per heavy atom. The lowest BCUT2D eigenvalue weighted by molar-refractivity contribution is -0.160. The van der Waals surface area contributed by atoms with Gasteiger partial charge in [-0.1, -0.05) is 34.6 Å². The molecular weight excluding hydrogens is 268 g/mol. The Kier molecular flexibility index (Phi) is 3.98. The molecule has 2 rings (SSSR count).